The van der Waals surface area contributed by atoms with Crippen molar-refractivity contribution in [1.82, 2.24) is 4.57 Å². The van der Waals surface area contributed by atoms with Crippen LogP contribution >= 0.6 is 58.0 Å². The fourth-order valence-electron chi connectivity index (χ4n) is 23.7. The Hall–Kier alpha value is -5.77. The molecule has 6 heteroatoms. The lowest BCUT2D eigenvalue weighted by atomic mass is 9.61. The van der Waals surface area contributed by atoms with Crippen LogP contribution in [0.3, 0.4) is 0 Å². The lowest BCUT2D eigenvalue weighted by Gasteiger charge is -2.50. The Morgan fingerprint density at radius 1 is 0.169 bits per heavy atom. The largest absolute Gasteiger partial charge is 0.316 e. The molecule has 21 aromatic carbocycles. The van der Waals surface area contributed by atoms with Gasteiger partial charge in [-0.3, -0.25) is 0 Å². The monoisotopic (exact) mass is 897 g/mol. The number of rotatable bonds is 0. The molecule has 4 unspecified atom stereocenters. The topological polar surface area (TPSA) is 4.93 Å². The molecule has 32 rings (SSSR count). The van der Waals surface area contributed by atoms with E-state index in [4.69, 9.17) is 0 Å². The molecule has 0 N–H and O–H groups in total. The fraction of sp³-hybridized carbons (Fsp3) is 0.0847. The average molecular weight is 900 g/mol. The van der Waals surface area contributed by atoms with Crippen molar-refractivity contribution in [2.75, 3.05) is 0 Å². The van der Waals surface area contributed by atoms with Gasteiger partial charge in [0.1, 0.15) is 19.5 Å². The van der Waals surface area contributed by atoms with Crippen LogP contribution in [0.2, 0.25) is 0 Å². The quantitative estimate of drug-likeness (QED) is 0.106. The van der Waals surface area contributed by atoms with Crippen molar-refractivity contribution >= 4 is 273 Å². The van der Waals surface area contributed by atoms with Crippen LogP contribution in [-0.2, 0) is 24.5 Å². The minimum Gasteiger partial charge on any atom is -0.316 e. The van der Waals surface area contributed by atoms with E-state index in [0.29, 0.717) is 0 Å². The molecule has 2 aliphatic heterocycles. The van der Waals surface area contributed by atoms with Crippen LogP contribution < -0.4 is 0 Å². The number of halogens is 5. The molecule has 0 amide bonds. The standard InChI is InChI=1S/C59Cl5N/c60-55-41-31-21-11-6-1-2-4-5-3(1)8-14-12(6)22(21)32-34-24(14)26-16(8)18-10(5)20-19-9(4)17-15-7(2)13(11)23-25(15)35-37-27(17)29(19)39-40-30(20)28(18)38-36(26)46-44(34)56(61,42(32)41)52-51(55)53-57(62,45(35)43(55)33(23)31)47(37)49(39)59(64)50(40)48(38)58(46,63)54(52)65(53)59. The van der Waals surface area contributed by atoms with Gasteiger partial charge in [-0.15, -0.1) is 46.4 Å². The van der Waals surface area contributed by atoms with E-state index >= 15 is 0 Å². The zero-order valence-electron chi connectivity index (χ0n) is 31.8. The summed E-state index contributed by atoms with van der Waals surface area (Å²) in [6.07, 6.45) is 0. The van der Waals surface area contributed by atoms with Gasteiger partial charge in [0.15, 0.2) is 5.00 Å². The smallest absolute Gasteiger partial charge is 0.172 e. The summed E-state index contributed by atoms with van der Waals surface area (Å²) in [7, 11) is 0. The Balaban J connectivity index is 1.26. The van der Waals surface area contributed by atoms with Crippen molar-refractivity contribution in [2.24, 2.45) is 0 Å². The molecule has 0 radical (unpaired) electrons. The van der Waals surface area contributed by atoms with Gasteiger partial charge in [-0.2, -0.15) is 0 Å². The number of nitrogens with zero attached hydrogens (tertiary/aromatic N) is 1. The van der Waals surface area contributed by atoms with E-state index < -0.39 is 24.5 Å². The first-order valence-corrected chi connectivity index (χ1v) is 25.3. The first kappa shape index (κ1) is 25.2. The van der Waals surface area contributed by atoms with Crippen LogP contribution in [0, 0.1) is 0 Å². The Morgan fingerprint density at radius 3 is 0.538 bits per heavy atom. The number of hydrogen-bond acceptors (Lipinski definition) is 0. The minimum absolute atomic E-state index is 1.03. The second kappa shape index (κ2) is 5.33. The van der Waals surface area contributed by atoms with E-state index in [0.717, 1.165) is 22.5 Å². The number of benzene rings is 15. The van der Waals surface area contributed by atoms with Crippen LogP contribution in [0.1, 0.15) is 78.1 Å². The van der Waals surface area contributed by atoms with Gasteiger partial charge in [-0.25, -0.2) is 0 Å². The van der Waals surface area contributed by atoms with Gasteiger partial charge < -0.3 is 4.57 Å². The molecule has 276 valence electrons. The Kier molecular flexibility index (Phi) is 2.07. The van der Waals surface area contributed by atoms with Gasteiger partial charge >= 0.3 is 0 Å². The number of alkyl halides is 5. The van der Waals surface area contributed by atoms with E-state index in [1.807, 2.05) is 0 Å². The Morgan fingerprint density at radius 2 is 0.323 bits per heavy atom. The number of aromatic nitrogens is 1. The first-order valence-electron chi connectivity index (χ1n) is 23.4. The summed E-state index contributed by atoms with van der Waals surface area (Å²) in [4.78, 5) is -5.23. The van der Waals surface area contributed by atoms with Crippen molar-refractivity contribution in [3.63, 3.8) is 0 Å². The highest BCUT2D eigenvalue weighted by Gasteiger charge is 2.78. The highest BCUT2D eigenvalue weighted by Crippen LogP contribution is 2.89. The summed E-state index contributed by atoms with van der Waals surface area (Å²) >= 11 is 46.4. The highest BCUT2D eigenvalue weighted by atomic mass is 35.5. The molecule has 0 saturated carbocycles. The molecule has 8 aliphatic carbocycles. The zero-order valence-corrected chi connectivity index (χ0v) is 35.6. The van der Waals surface area contributed by atoms with Crippen LogP contribution in [0.4, 0.5) is 0 Å². The van der Waals surface area contributed by atoms with E-state index in [1.54, 1.807) is 0 Å². The molecule has 0 saturated heterocycles. The summed E-state index contributed by atoms with van der Waals surface area (Å²) in [5, 5.41) is 58.3. The maximum Gasteiger partial charge on any atom is 0.172 e. The minimum atomic E-state index is -1.09. The molecule has 4 atom stereocenters. The predicted molar refractivity (Wildman–Crippen MR) is 267 cm³/mol. The molecular formula is C59Cl5N. The van der Waals surface area contributed by atoms with Crippen LogP contribution in [0.5, 0.6) is 0 Å². The highest BCUT2D eigenvalue weighted by molar-refractivity contribution is 6.78. The van der Waals surface area contributed by atoms with Crippen molar-refractivity contribution in [1.29, 1.82) is 0 Å². The third-order valence-corrected chi connectivity index (χ3v) is 26.5. The average Bonchev–Trinajstić information content (AvgIpc) is 4.15. The lowest BCUT2D eigenvalue weighted by molar-refractivity contribution is 0.475. The Bertz CT molecular complexity index is 5450. The van der Waals surface area contributed by atoms with Gasteiger partial charge in [0.2, 0.25) is 0 Å². The molecule has 0 spiro atoms. The molecule has 0 fully saturated rings. The predicted octanol–water partition coefficient (Wildman–Crippen LogP) is 16.4. The van der Waals surface area contributed by atoms with Crippen LogP contribution in [-0.4, -0.2) is 4.57 Å². The van der Waals surface area contributed by atoms with Gasteiger partial charge in [0.05, 0.1) is 11.4 Å². The van der Waals surface area contributed by atoms with E-state index in [-0.39, 0.29) is 0 Å². The van der Waals surface area contributed by atoms with Gasteiger partial charge in [-0.1, -0.05) is 11.6 Å². The number of hydrogen-bond donors (Lipinski definition) is 0. The van der Waals surface area contributed by atoms with E-state index in [9.17, 15) is 58.0 Å². The van der Waals surface area contributed by atoms with Gasteiger partial charge in [0, 0.05) is 22.3 Å². The first-order chi connectivity index (χ1) is 31.8. The molecule has 1 aromatic heterocycles. The lowest BCUT2D eigenvalue weighted by Crippen LogP contribution is -2.50. The molecule has 0 bridgehead atoms. The summed E-state index contributed by atoms with van der Waals surface area (Å²) in [6.45, 7) is 0. The Labute approximate surface area is 377 Å². The second-order valence-electron chi connectivity index (χ2n) is 23.8. The molecule has 10 aliphatic rings. The second-order valence-corrected chi connectivity index (χ2v) is 26.6. The molecule has 3 heterocycles. The van der Waals surface area contributed by atoms with Crippen LogP contribution in [0.15, 0.2) is 0 Å². The fourth-order valence-corrected chi connectivity index (χ4v) is 26.5. The zero-order chi connectivity index (χ0) is 39.3. The maximum absolute atomic E-state index is 9.28. The molecule has 65 heavy (non-hydrogen) atoms. The van der Waals surface area contributed by atoms with Crippen molar-refractivity contribution in [2.45, 2.75) is 24.5 Å². The molecular weight excluding hydrogens is 900 g/mol. The molecule has 22 aromatic rings. The van der Waals surface area contributed by atoms with E-state index in [2.05, 4.69) is 4.57 Å². The maximum atomic E-state index is 9.28. The summed E-state index contributed by atoms with van der Waals surface area (Å²) < 4.78 is 2.57. The van der Waals surface area contributed by atoms with Crippen molar-refractivity contribution in [3.8, 4) is 0 Å². The summed E-state index contributed by atoms with van der Waals surface area (Å²) in [5.74, 6) is 0. The summed E-state index contributed by atoms with van der Waals surface area (Å²) in [5.41, 5.74) is 16.8. The summed E-state index contributed by atoms with van der Waals surface area (Å²) in [6, 6.07) is 0. The van der Waals surface area contributed by atoms with E-state index in [1.165, 1.54) is 271 Å². The van der Waals surface area contributed by atoms with Gasteiger partial charge in [0.25, 0.3) is 0 Å². The van der Waals surface area contributed by atoms with Gasteiger partial charge in [-0.05, 0) is 260 Å². The van der Waals surface area contributed by atoms with Crippen molar-refractivity contribution in [3.05, 3.63) is 78.1 Å². The third kappa shape index (κ3) is 1.25. The van der Waals surface area contributed by atoms with Crippen LogP contribution in [0.25, 0.3) is 215 Å². The third-order valence-electron chi connectivity index (χ3n) is 23.7. The SMILES string of the molecule is ClC12c3c4c5n6c3C3(Cl)c7c1c1c8c2c2c9c%10c(c%11c%12c%13c(c%14c%15c%16c(c3c3c7c7c1c1c%17c8c9c8c9c%10c%12c%10c%12c%13c%15c%13c%15c%16c3c3c7c1c1c(c%178)c(c9%10)c(c%12%13)c1c3%15)C%146Cl)C%115Cl)C42Cl. The normalized spacial score (nSPS) is 30.2. The molecule has 1 nitrogen and oxygen atoms in total. The van der Waals surface area contributed by atoms with Crippen molar-refractivity contribution < 1.29 is 0 Å².